The van der Waals surface area contributed by atoms with Crippen LogP contribution in [0.15, 0.2) is 4.34 Å². The summed E-state index contributed by atoms with van der Waals surface area (Å²) in [6.07, 6.45) is 0.780. The van der Waals surface area contributed by atoms with Gasteiger partial charge in [-0.2, -0.15) is 0 Å². The van der Waals surface area contributed by atoms with Crippen molar-refractivity contribution in [1.29, 1.82) is 0 Å². The van der Waals surface area contributed by atoms with Crippen LogP contribution in [-0.2, 0) is 9.53 Å². The Bertz CT molecular complexity index is 326. The third-order valence-electron chi connectivity index (χ3n) is 1.64. The Morgan fingerprint density at radius 1 is 1.62 bits per heavy atom. The van der Waals surface area contributed by atoms with Crippen LogP contribution in [0, 0.1) is 6.92 Å². The number of esters is 1. The van der Waals surface area contributed by atoms with E-state index in [4.69, 9.17) is 4.74 Å². The van der Waals surface area contributed by atoms with Gasteiger partial charge in [0.05, 0.1) is 6.61 Å². The molecule has 0 aromatic carbocycles. The van der Waals surface area contributed by atoms with Crippen LogP contribution >= 0.6 is 23.1 Å². The van der Waals surface area contributed by atoms with Crippen LogP contribution in [-0.4, -0.2) is 28.0 Å². The van der Waals surface area contributed by atoms with Crippen LogP contribution < -0.4 is 0 Å². The molecule has 2 heterocycles. The maximum absolute atomic E-state index is 11.1. The number of rotatable bonds is 2. The van der Waals surface area contributed by atoms with E-state index in [-0.39, 0.29) is 11.2 Å². The molecule has 70 valence electrons. The molecule has 0 radical (unpaired) electrons. The van der Waals surface area contributed by atoms with E-state index < -0.39 is 0 Å². The highest BCUT2D eigenvalue weighted by atomic mass is 32.2. The molecule has 13 heavy (non-hydrogen) atoms. The molecular weight excluding hydrogens is 208 g/mol. The molecule has 0 aliphatic carbocycles. The van der Waals surface area contributed by atoms with Gasteiger partial charge in [0, 0.05) is 6.42 Å². The molecular formula is C7H8N2O2S2. The van der Waals surface area contributed by atoms with Crippen LogP contribution in [0.2, 0.25) is 0 Å². The van der Waals surface area contributed by atoms with Gasteiger partial charge >= 0.3 is 5.97 Å². The summed E-state index contributed by atoms with van der Waals surface area (Å²) in [6.45, 7) is 2.43. The Morgan fingerprint density at radius 3 is 3.00 bits per heavy atom. The highest BCUT2D eigenvalue weighted by Crippen LogP contribution is 2.31. The molecule has 0 bridgehead atoms. The molecule has 0 amide bonds. The molecule has 1 aromatic rings. The minimum atomic E-state index is -0.127. The summed E-state index contributed by atoms with van der Waals surface area (Å²) >= 11 is 2.96. The maximum atomic E-state index is 11.1. The number of cyclic esters (lactones) is 1. The lowest BCUT2D eigenvalue weighted by Gasteiger charge is -1.99. The van der Waals surface area contributed by atoms with E-state index in [0.29, 0.717) is 6.61 Å². The average Bonchev–Trinajstić information content (AvgIpc) is 2.64. The van der Waals surface area contributed by atoms with Crippen molar-refractivity contribution in [2.45, 2.75) is 22.9 Å². The number of hydrogen-bond donors (Lipinski definition) is 0. The molecule has 1 aliphatic rings. The standard InChI is InChI=1S/C7H8N2O2S2/c1-4-8-9-7(12-4)13-5-2-3-11-6(5)10/h5H,2-3H2,1H3/t5-/m1/s1. The first-order valence-electron chi connectivity index (χ1n) is 3.89. The third-order valence-corrected chi connectivity index (χ3v) is 3.81. The van der Waals surface area contributed by atoms with Gasteiger partial charge in [-0.25, -0.2) is 0 Å². The Hall–Kier alpha value is -0.620. The summed E-state index contributed by atoms with van der Waals surface area (Å²) in [5, 5.41) is 8.67. The van der Waals surface area contributed by atoms with Crippen LogP contribution in [0.4, 0.5) is 0 Å². The summed E-state index contributed by atoms with van der Waals surface area (Å²) < 4.78 is 5.69. The van der Waals surface area contributed by atoms with Crippen LogP contribution in [0.25, 0.3) is 0 Å². The van der Waals surface area contributed by atoms with E-state index in [2.05, 4.69) is 10.2 Å². The first-order valence-corrected chi connectivity index (χ1v) is 5.59. The summed E-state index contributed by atoms with van der Waals surface area (Å²) in [6, 6.07) is 0. The molecule has 1 fully saturated rings. The van der Waals surface area contributed by atoms with Gasteiger partial charge in [0.2, 0.25) is 0 Å². The first-order chi connectivity index (χ1) is 6.25. The first kappa shape index (κ1) is 8.96. The Labute approximate surface area is 83.7 Å². The molecule has 4 nitrogen and oxygen atoms in total. The zero-order valence-corrected chi connectivity index (χ0v) is 8.65. The maximum Gasteiger partial charge on any atom is 0.319 e. The van der Waals surface area contributed by atoms with E-state index in [0.717, 1.165) is 15.8 Å². The molecule has 1 aliphatic heterocycles. The number of aromatic nitrogens is 2. The van der Waals surface area contributed by atoms with Gasteiger partial charge < -0.3 is 4.74 Å². The van der Waals surface area contributed by atoms with E-state index in [1.807, 2.05) is 6.92 Å². The average molecular weight is 216 g/mol. The quantitative estimate of drug-likeness (QED) is 0.696. The van der Waals surface area contributed by atoms with Crippen LogP contribution in [0.1, 0.15) is 11.4 Å². The van der Waals surface area contributed by atoms with Crippen molar-refractivity contribution in [2.24, 2.45) is 0 Å². The van der Waals surface area contributed by atoms with E-state index in [1.165, 1.54) is 23.1 Å². The monoisotopic (exact) mass is 216 g/mol. The lowest BCUT2D eigenvalue weighted by Crippen LogP contribution is -2.08. The second kappa shape index (κ2) is 3.63. The lowest BCUT2D eigenvalue weighted by atomic mass is 10.4. The van der Waals surface area contributed by atoms with Gasteiger partial charge in [-0.15, -0.1) is 10.2 Å². The summed E-state index contributed by atoms with van der Waals surface area (Å²) in [7, 11) is 0. The molecule has 2 rings (SSSR count). The van der Waals surface area contributed by atoms with Crippen molar-refractivity contribution in [3.05, 3.63) is 5.01 Å². The fraction of sp³-hybridized carbons (Fsp3) is 0.571. The fourth-order valence-electron chi connectivity index (χ4n) is 1.03. The molecule has 0 saturated carbocycles. The van der Waals surface area contributed by atoms with Crippen molar-refractivity contribution in [2.75, 3.05) is 6.61 Å². The topological polar surface area (TPSA) is 52.1 Å². The predicted molar refractivity (Wildman–Crippen MR) is 49.9 cm³/mol. The van der Waals surface area contributed by atoms with Crippen LogP contribution in [0.3, 0.4) is 0 Å². The Kier molecular flexibility index (Phi) is 2.50. The van der Waals surface area contributed by atoms with Gasteiger partial charge in [-0.1, -0.05) is 23.1 Å². The smallest absolute Gasteiger partial charge is 0.319 e. The highest BCUT2D eigenvalue weighted by Gasteiger charge is 2.28. The Balaban J connectivity index is 2.01. The molecule has 1 saturated heterocycles. The zero-order valence-electron chi connectivity index (χ0n) is 7.02. The number of hydrogen-bond acceptors (Lipinski definition) is 6. The van der Waals surface area contributed by atoms with Gasteiger partial charge in [0.1, 0.15) is 10.3 Å². The van der Waals surface area contributed by atoms with Gasteiger partial charge in [-0.05, 0) is 6.92 Å². The molecule has 0 unspecified atom stereocenters. The number of carbonyl (C=O) groups excluding carboxylic acids is 1. The minimum Gasteiger partial charge on any atom is -0.465 e. The van der Waals surface area contributed by atoms with Gasteiger partial charge in [0.15, 0.2) is 4.34 Å². The normalized spacial score (nSPS) is 21.9. The lowest BCUT2D eigenvalue weighted by molar-refractivity contribution is -0.137. The van der Waals surface area contributed by atoms with Crippen molar-refractivity contribution in [1.82, 2.24) is 10.2 Å². The Morgan fingerprint density at radius 2 is 2.46 bits per heavy atom. The highest BCUT2D eigenvalue weighted by molar-refractivity contribution is 8.02. The predicted octanol–water partition coefficient (Wildman–Crippen LogP) is 1.25. The SMILES string of the molecule is Cc1nnc(S[C@@H]2CCOC2=O)s1. The van der Waals surface area contributed by atoms with E-state index in [9.17, 15) is 4.79 Å². The zero-order chi connectivity index (χ0) is 9.26. The molecule has 0 spiro atoms. The van der Waals surface area contributed by atoms with Crippen molar-refractivity contribution >= 4 is 29.1 Å². The molecule has 0 N–H and O–H groups in total. The third kappa shape index (κ3) is 2.00. The summed E-state index contributed by atoms with van der Waals surface area (Å²) in [4.78, 5) is 11.1. The van der Waals surface area contributed by atoms with E-state index in [1.54, 1.807) is 0 Å². The number of carbonyl (C=O) groups is 1. The number of nitrogens with zero attached hydrogens (tertiary/aromatic N) is 2. The second-order valence-electron chi connectivity index (χ2n) is 2.65. The number of aryl methyl sites for hydroxylation is 1. The second-order valence-corrected chi connectivity index (χ2v) is 5.28. The van der Waals surface area contributed by atoms with Gasteiger partial charge in [0.25, 0.3) is 0 Å². The largest absolute Gasteiger partial charge is 0.465 e. The molecule has 1 aromatic heterocycles. The van der Waals surface area contributed by atoms with E-state index >= 15 is 0 Å². The molecule has 1 atom stereocenters. The van der Waals surface area contributed by atoms with Crippen molar-refractivity contribution in [3.8, 4) is 0 Å². The van der Waals surface area contributed by atoms with Crippen molar-refractivity contribution in [3.63, 3.8) is 0 Å². The summed E-state index contributed by atoms with van der Waals surface area (Å²) in [5.41, 5.74) is 0. The fourth-order valence-corrected chi connectivity index (χ4v) is 3.06. The van der Waals surface area contributed by atoms with Crippen molar-refractivity contribution < 1.29 is 9.53 Å². The molecule has 6 heteroatoms. The van der Waals surface area contributed by atoms with Crippen LogP contribution in [0.5, 0.6) is 0 Å². The number of ether oxygens (including phenoxy) is 1. The van der Waals surface area contributed by atoms with Gasteiger partial charge in [-0.3, -0.25) is 4.79 Å². The summed E-state index contributed by atoms with van der Waals surface area (Å²) in [5.74, 6) is -0.127. The minimum absolute atomic E-state index is 0.0765. The number of thioether (sulfide) groups is 1.